The van der Waals surface area contributed by atoms with Crippen LogP contribution in [0.2, 0.25) is 0 Å². The van der Waals surface area contributed by atoms with Gasteiger partial charge in [-0.15, -0.1) is 0 Å². The smallest absolute Gasteiger partial charge is 0.100 e. The zero-order chi connectivity index (χ0) is 8.41. The summed E-state index contributed by atoms with van der Waals surface area (Å²) in [6.45, 7) is 2.83. The second-order valence-corrected chi connectivity index (χ2v) is 1.60. The molecule has 0 aliphatic rings. The number of rotatable bonds is 3. The molecule has 4 N–H and O–H groups in total. The van der Waals surface area contributed by atoms with E-state index in [1.54, 1.807) is 0 Å². The average Bonchev–Trinajstić information content (AvgIpc) is 2.03. The molecule has 4 nitrogen and oxygen atoms in total. The van der Waals surface area contributed by atoms with Crippen molar-refractivity contribution in [1.82, 2.24) is 0 Å². The lowest BCUT2D eigenvalue weighted by molar-refractivity contribution is 0.0450. The number of hydrogen-bond donors (Lipinski definition) is 4. The fourth-order valence-corrected chi connectivity index (χ4v) is 0.0577. The third-order valence-corrected chi connectivity index (χ3v) is 0.580. The Hall–Kier alpha value is -0.160. The van der Waals surface area contributed by atoms with E-state index in [0.29, 0.717) is 6.42 Å². The van der Waals surface area contributed by atoms with Crippen LogP contribution in [0.25, 0.3) is 0 Å². The Kier molecular flexibility index (Phi) is 14.5. The highest BCUT2D eigenvalue weighted by Crippen LogP contribution is 1.71. The molecule has 4 heteroatoms. The molecule has 0 saturated heterocycles. The monoisotopic (exact) mass is 151 g/mol. The van der Waals surface area contributed by atoms with Crippen LogP contribution in [-0.4, -0.2) is 46.4 Å². The molecule has 10 heavy (non-hydrogen) atoms. The maximum absolute atomic E-state index is 8.17. The Labute approximate surface area is 60.7 Å². The Morgan fingerprint density at radius 1 is 1.10 bits per heavy atom. The molecule has 0 aliphatic carbocycles. The van der Waals surface area contributed by atoms with E-state index in [1.807, 2.05) is 0 Å². The largest absolute Gasteiger partial charge is 0.396 e. The van der Waals surface area contributed by atoms with Crippen molar-refractivity contribution >= 4 is 0 Å². The SMILES string of the molecule is OCC(O)CO.[CH2]CCO. The van der Waals surface area contributed by atoms with E-state index in [1.165, 1.54) is 0 Å². The first-order valence-electron chi connectivity index (χ1n) is 3.02. The van der Waals surface area contributed by atoms with E-state index in [-0.39, 0.29) is 19.8 Å². The highest BCUT2D eigenvalue weighted by molar-refractivity contribution is 4.43. The van der Waals surface area contributed by atoms with Gasteiger partial charge in [-0.1, -0.05) is 6.92 Å². The first kappa shape index (κ1) is 12.5. The Morgan fingerprint density at radius 3 is 1.40 bits per heavy atom. The molecule has 0 aromatic carbocycles. The molecule has 0 bridgehead atoms. The summed E-state index contributed by atoms with van der Waals surface area (Å²) in [6.07, 6.45) is -0.329. The zero-order valence-electron chi connectivity index (χ0n) is 5.90. The molecule has 1 radical (unpaired) electrons. The Morgan fingerprint density at radius 2 is 1.40 bits per heavy atom. The minimum atomic E-state index is -0.954. The van der Waals surface area contributed by atoms with E-state index in [0.717, 1.165) is 0 Å². The van der Waals surface area contributed by atoms with Crippen LogP contribution in [0.4, 0.5) is 0 Å². The maximum Gasteiger partial charge on any atom is 0.100 e. The van der Waals surface area contributed by atoms with Crippen LogP contribution < -0.4 is 0 Å². The fourth-order valence-electron chi connectivity index (χ4n) is 0.0577. The summed E-state index contributed by atoms with van der Waals surface area (Å²) in [5.74, 6) is 0. The predicted octanol–water partition coefficient (Wildman–Crippen LogP) is -1.47. The summed E-state index contributed by atoms with van der Waals surface area (Å²) in [4.78, 5) is 0. The van der Waals surface area contributed by atoms with Gasteiger partial charge in [0.2, 0.25) is 0 Å². The summed E-state index contributed by atoms with van der Waals surface area (Å²) >= 11 is 0. The molecule has 0 aromatic heterocycles. The van der Waals surface area contributed by atoms with Gasteiger partial charge in [0.15, 0.2) is 0 Å². The van der Waals surface area contributed by atoms with Gasteiger partial charge in [-0.05, 0) is 6.42 Å². The predicted molar refractivity (Wildman–Crippen MR) is 37.2 cm³/mol. The van der Waals surface area contributed by atoms with E-state index in [4.69, 9.17) is 20.4 Å². The van der Waals surface area contributed by atoms with Crippen molar-refractivity contribution in [3.63, 3.8) is 0 Å². The zero-order valence-corrected chi connectivity index (χ0v) is 5.90. The van der Waals surface area contributed by atoms with Crippen molar-refractivity contribution in [3.05, 3.63) is 6.92 Å². The summed E-state index contributed by atoms with van der Waals surface area (Å²) in [6, 6.07) is 0. The fraction of sp³-hybridized carbons (Fsp3) is 0.833. The third kappa shape index (κ3) is 15.7. The lowest BCUT2D eigenvalue weighted by Gasteiger charge is -1.96. The molecule has 0 saturated carbocycles. The molecule has 0 fully saturated rings. The van der Waals surface area contributed by atoms with Crippen molar-refractivity contribution in [2.24, 2.45) is 0 Å². The summed E-state index contributed by atoms with van der Waals surface area (Å²) in [5, 5.41) is 31.8. The van der Waals surface area contributed by atoms with Crippen LogP contribution in [0.1, 0.15) is 6.42 Å². The first-order valence-corrected chi connectivity index (χ1v) is 3.02. The van der Waals surface area contributed by atoms with Gasteiger partial charge in [-0.25, -0.2) is 0 Å². The van der Waals surface area contributed by atoms with E-state index in [9.17, 15) is 0 Å². The van der Waals surface area contributed by atoms with Crippen molar-refractivity contribution < 1.29 is 20.4 Å². The van der Waals surface area contributed by atoms with Crippen LogP contribution in [0.15, 0.2) is 0 Å². The molecule has 0 amide bonds. The van der Waals surface area contributed by atoms with Crippen LogP contribution in [0.5, 0.6) is 0 Å². The molecule has 63 valence electrons. The summed E-state index contributed by atoms with van der Waals surface area (Å²) in [5.41, 5.74) is 0. The van der Waals surface area contributed by atoms with Gasteiger partial charge in [0.1, 0.15) is 6.10 Å². The molecule has 0 unspecified atom stereocenters. The average molecular weight is 151 g/mol. The molecule has 0 heterocycles. The standard InChI is InChI=1S/C3H8O3.C3H7O/c4-1-3(6)2-5;1-2-3-4/h3-6H,1-2H2;4H,1-3H2. The summed E-state index contributed by atoms with van der Waals surface area (Å²) < 4.78 is 0. The second-order valence-electron chi connectivity index (χ2n) is 1.60. The van der Waals surface area contributed by atoms with Crippen LogP contribution in [-0.2, 0) is 0 Å². The van der Waals surface area contributed by atoms with Crippen molar-refractivity contribution in [3.8, 4) is 0 Å². The van der Waals surface area contributed by atoms with Gasteiger partial charge in [0, 0.05) is 6.61 Å². The van der Waals surface area contributed by atoms with Crippen molar-refractivity contribution in [1.29, 1.82) is 0 Å². The lowest BCUT2D eigenvalue weighted by atomic mass is 10.4. The van der Waals surface area contributed by atoms with Gasteiger partial charge in [-0.2, -0.15) is 0 Å². The number of aliphatic hydroxyl groups excluding tert-OH is 4. The lowest BCUT2D eigenvalue weighted by Crippen LogP contribution is -2.15. The van der Waals surface area contributed by atoms with E-state index < -0.39 is 6.10 Å². The van der Waals surface area contributed by atoms with Crippen molar-refractivity contribution in [2.45, 2.75) is 12.5 Å². The molecule has 0 rings (SSSR count). The van der Waals surface area contributed by atoms with E-state index in [2.05, 4.69) is 6.92 Å². The Bertz CT molecular complexity index is 43.0. The van der Waals surface area contributed by atoms with Crippen LogP contribution in [0.3, 0.4) is 0 Å². The van der Waals surface area contributed by atoms with Crippen LogP contribution >= 0.6 is 0 Å². The quantitative estimate of drug-likeness (QED) is 0.397. The second kappa shape index (κ2) is 11.6. The number of aliphatic hydroxyl groups is 4. The number of hydrogen-bond acceptors (Lipinski definition) is 4. The first-order chi connectivity index (χ1) is 4.72. The summed E-state index contributed by atoms with van der Waals surface area (Å²) in [7, 11) is 0. The minimum Gasteiger partial charge on any atom is -0.396 e. The van der Waals surface area contributed by atoms with Crippen LogP contribution in [0, 0.1) is 6.92 Å². The molecule has 0 atom stereocenters. The van der Waals surface area contributed by atoms with Gasteiger partial charge in [-0.3, -0.25) is 0 Å². The van der Waals surface area contributed by atoms with Gasteiger partial charge in [0.05, 0.1) is 13.2 Å². The molecule has 0 aromatic rings. The molecular weight excluding hydrogens is 136 g/mol. The third-order valence-electron chi connectivity index (χ3n) is 0.580. The highest BCUT2D eigenvalue weighted by atomic mass is 16.3. The topological polar surface area (TPSA) is 80.9 Å². The van der Waals surface area contributed by atoms with Gasteiger partial charge in [0.25, 0.3) is 0 Å². The molecule has 0 spiro atoms. The highest BCUT2D eigenvalue weighted by Gasteiger charge is 1.93. The molecule has 0 aliphatic heterocycles. The minimum absolute atomic E-state index is 0.208. The Balaban J connectivity index is 0. The normalized spacial score (nSPS) is 9.00. The van der Waals surface area contributed by atoms with Gasteiger partial charge >= 0.3 is 0 Å². The maximum atomic E-state index is 8.17. The van der Waals surface area contributed by atoms with E-state index >= 15 is 0 Å². The van der Waals surface area contributed by atoms with Crippen molar-refractivity contribution in [2.75, 3.05) is 19.8 Å². The molecular formula is C6H15O4. The van der Waals surface area contributed by atoms with Gasteiger partial charge < -0.3 is 20.4 Å².